The van der Waals surface area contributed by atoms with Crippen LogP contribution in [0.15, 0.2) is 28.1 Å². The molecule has 0 fully saturated rings. The third kappa shape index (κ3) is 3.28. The molecule has 0 saturated heterocycles. The molecule has 0 spiro atoms. The predicted octanol–water partition coefficient (Wildman–Crippen LogP) is 5.43. The van der Waals surface area contributed by atoms with Crippen molar-refractivity contribution in [2.75, 3.05) is 5.88 Å². The van der Waals surface area contributed by atoms with E-state index in [4.69, 9.17) is 11.6 Å². The first-order valence-electron chi connectivity index (χ1n) is 6.21. The first kappa shape index (κ1) is 15.7. The van der Waals surface area contributed by atoms with E-state index in [1.54, 1.807) is 23.5 Å². The smallest absolute Gasteiger partial charge is 0.138 e. The van der Waals surface area contributed by atoms with Crippen molar-refractivity contribution >= 4 is 72.5 Å². The Labute approximate surface area is 152 Å². The molecular formula is C14H10BrClFIN2S. The van der Waals surface area contributed by atoms with E-state index in [0.29, 0.717) is 22.4 Å². The second-order valence-electron chi connectivity index (χ2n) is 4.54. The van der Waals surface area contributed by atoms with Crippen LogP contribution in [0.3, 0.4) is 0 Å². The van der Waals surface area contributed by atoms with Gasteiger partial charge in [-0.15, -0.1) is 22.9 Å². The number of halogens is 4. The summed E-state index contributed by atoms with van der Waals surface area (Å²) in [6.07, 6.45) is 0.668. The molecule has 0 aliphatic carbocycles. The third-order valence-electron chi connectivity index (χ3n) is 3.12. The van der Waals surface area contributed by atoms with Crippen molar-refractivity contribution in [2.45, 2.75) is 13.0 Å². The first-order valence-corrected chi connectivity index (χ1v) is 9.50. The fourth-order valence-corrected chi connectivity index (χ4v) is 4.27. The molecule has 0 aliphatic rings. The molecule has 0 aliphatic heterocycles. The molecule has 0 bridgehead atoms. The largest absolute Gasteiger partial charge is 0.323 e. The molecule has 21 heavy (non-hydrogen) atoms. The Balaban J connectivity index is 2.12. The minimum Gasteiger partial charge on any atom is -0.323 e. The number of nitrogens with zero attached hydrogens (tertiary/aromatic N) is 2. The molecular weight excluding hydrogens is 489 g/mol. The van der Waals surface area contributed by atoms with Gasteiger partial charge >= 0.3 is 0 Å². The maximum atomic E-state index is 13.9. The van der Waals surface area contributed by atoms with Gasteiger partial charge < -0.3 is 4.57 Å². The average molecular weight is 500 g/mol. The van der Waals surface area contributed by atoms with Gasteiger partial charge in [0.05, 0.1) is 21.1 Å². The van der Waals surface area contributed by atoms with Crippen LogP contribution < -0.4 is 0 Å². The quantitative estimate of drug-likeness (QED) is 0.346. The summed E-state index contributed by atoms with van der Waals surface area (Å²) in [6.45, 7) is 0.680. The Morgan fingerprint density at radius 3 is 2.86 bits per heavy atom. The summed E-state index contributed by atoms with van der Waals surface area (Å²) < 4.78 is 17.6. The topological polar surface area (TPSA) is 17.8 Å². The number of alkyl halides is 1. The molecule has 1 aromatic carbocycles. The average Bonchev–Trinajstić information content (AvgIpc) is 2.97. The highest BCUT2D eigenvalue weighted by Gasteiger charge is 2.14. The molecule has 3 aromatic rings. The summed E-state index contributed by atoms with van der Waals surface area (Å²) in [7, 11) is 0. The van der Waals surface area contributed by atoms with Crippen LogP contribution in [-0.2, 0) is 13.0 Å². The van der Waals surface area contributed by atoms with Crippen LogP contribution >= 0.6 is 61.5 Å². The van der Waals surface area contributed by atoms with E-state index in [9.17, 15) is 4.39 Å². The van der Waals surface area contributed by atoms with Crippen LogP contribution in [0.2, 0.25) is 0 Å². The summed E-state index contributed by atoms with van der Waals surface area (Å²) in [6, 6.07) is 5.41. The van der Waals surface area contributed by atoms with Crippen LogP contribution in [-0.4, -0.2) is 15.4 Å². The summed E-state index contributed by atoms with van der Waals surface area (Å²) in [5.74, 6) is 1.18. The molecule has 3 rings (SSSR count). The number of hydrogen-bond donors (Lipinski definition) is 0. The van der Waals surface area contributed by atoms with Crippen molar-refractivity contribution in [3.05, 3.63) is 48.1 Å². The maximum absolute atomic E-state index is 13.9. The van der Waals surface area contributed by atoms with Crippen LogP contribution in [0.4, 0.5) is 4.39 Å². The van der Waals surface area contributed by atoms with Crippen LogP contribution in [0.5, 0.6) is 0 Å². The zero-order valence-corrected chi connectivity index (χ0v) is 16.1. The Morgan fingerprint density at radius 2 is 2.19 bits per heavy atom. The molecule has 0 N–H and O–H groups in total. The molecule has 2 nitrogen and oxygen atoms in total. The van der Waals surface area contributed by atoms with Crippen molar-refractivity contribution in [1.82, 2.24) is 9.55 Å². The SMILES string of the molecule is Fc1cc2c(cc1I)nc(CCCl)n2Cc1cc(Br)cs1. The Hall–Kier alpha value is -0.180. The minimum atomic E-state index is -0.214. The number of fused-ring (bicyclic) bond motifs is 1. The van der Waals surface area contributed by atoms with Gasteiger partial charge in [-0.2, -0.15) is 0 Å². The molecule has 0 unspecified atom stereocenters. The second-order valence-corrected chi connectivity index (χ2v) is 7.99. The minimum absolute atomic E-state index is 0.214. The molecule has 2 aromatic heterocycles. The number of aromatic nitrogens is 2. The number of imidazole rings is 1. The fraction of sp³-hybridized carbons (Fsp3) is 0.214. The molecule has 110 valence electrons. The molecule has 0 radical (unpaired) electrons. The van der Waals surface area contributed by atoms with E-state index >= 15 is 0 Å². The lowest BCUT2D eigenvalue weighted by molar-refractivity contribution is 0.621. The van der Waals surface area contributed by atoms with Crippen molar-refractivity contribution in [3.8, 4) is 0 Å². The summed E-state index contributed by atoms with van der Waals surface area (Å²) in [5, 5.41) is 2.04. The van der Waals surface area contributed by atoms with Crippen LogP contribution in [0, 0.1) is 9.39 Å². The van der Waals surface area contributed by atoms with Gasteiger partial charge in [-0.25, -0.2) is 9.37 Å². The van der Waals surface area contributed by atoms with Gasteiger partial charge in [0, 0.05) is 33.1 Å². The summed E-state index contributed by atoms with van der Waals surface area (Å²) in [4.78, 5) is 5.80. The number of benzene rings is 1. The zero-order valence-electron chi connectivity index (χ0n) is 10.7. The van der Waals surface area contributed by atoms with E-state index in [2.05, 4.69) is 31.5 Å². The van der Waals surface area contributed by atoms with Gasteiger partial charge in [-0.05, 0) is 50.7 Å². The van der Waals surface area contributed by atoms with Crippen LogP contribution in [0.1, 0.15) is 10.7 Å². The standard InChI is InChI=1S/C14H10BrClFIN2S/c15-8-3-9(21-7-8)6-20-13-4-10(17)11(18)5-12(13)19-14(20)1-2-16/h3-5,7H,1-2,6H2. The van der Waals surface area contributed by atoms with Crippen LogP contribution in [0.25, 0.3) is 11.0 Å². The number of rotatable bonds is 4. The molecule has 0 atom stereocenters. The van der Waals surface area contributed by atoms with Gasteiger partial charge in [0.15, 0.2) is 0 Å². The Morgan fingerprint density at radius 1 is 1.38 bits per heavy atom. The van der Waals surface area contributed by atoms with E-state index in [1.807, 2.05) is 28.0 Å². The zero-order chi connectivity index (χ0) is 15.0. The normalized spacial score (nSPS) is 11.4. The first-order chi connectivity index (χ1) is 10.1. The number of hydrogen-bond acceptors (Lipinski definition) is 2. The van der Waals surface area contributed by atoms with Crippen molar-refractivity contribution in [1.29, 1.82) is 0 Å². The lowest BCUT2D eigenvalue weighted by Crippen LogP contribution is -2.05. The monoisotopic (exact) mass is 498 g/mol. The highest BCUT2D eigenvalue weighted by molar-refractivity contribution is 14.1. The van der Waals surface area contributed by atoms with Crippen molar-refractivity contribution in [3.63, 3.8) is 0 Å². The van der Waals surface area contributed by atoms with Gasteiger partial charge in [0.1, 0.15) is 11.6 Å². The van der Waals surface area contributed by atoms with Gasteiger partial charge in [-0.3, -0.25) is 0 Å². The van der Waals surface area contributed by atoms with Gasteiger partial charge in [0.25, 0.3) is 0 Å². The van der Waals surface area contributed by atoms with Gasteiger partial charge in [0.2, 0.25) is 0 Å². The predicted molar refractivity (Wildman–Crippen MR) is 98.0 cm³/mol. The molecule has 0 saturated carbocycles. The lowest BCUT2D eigenvalue weighted by atomic mass is 10.3. The van der Waals surface area contributed by atoms with E-state index in [-0.39, 0.29) is 5.82 Å². The van der Waals surface area contributed by atoms with Gasteiger partial charge in [-0.1, -0.05) is 0 Å². The fourth-order valence-electron chi connectivity index (χ4n) is 2.21. The lowest BCUT2D eigenvalue weighted by Gasteiger charge is -2.07. The van der Waals surface area contributed by atoms with Crippen molar-refractivity contribution < 1.29 is 4.39 Å². The second kappa shape index (κ2) is 6.52. The summed E-state index contributed by atoms with van der Waals surface area (Å²) in [5.41, 5.74) is 1.63. The maximum Gasteiger partial charge on any atom is 0.138 e. The molecule has 2 heterocycles. The van der Waals surface area contributed by atoms with E-state index in [1.165, 1.54) is 4.88 Å². The van der Waals surface area contributed by atoms with E-state index in [0.717, 1.165) is 21.3 Å². The molecule has 0 amide bonds. The Bertz CT molecular complexity index is 802. The highest BCUT2D eigenvalue weighted by atomic mass is 127. The Kier molecular flexibility index (Phi) is 4.87. The number of thiophene rings is 1. The summed E-state index contributed by atoms with van der Waals surface area (Å²) >= 11 is 13.0. The van der Waals surface area contributed by atoms with Crippen molar-refractivity contribution in [2.24, 2.45) is 0 Å². The number of aryl methyl sites for hydroxylation is 1. The van der Waals surface area contributed by atoms with E-state index < -0.39 is 0 Å². The third-order valence-corrected chi connectivity index (χ3v) is 5.82. The highest BCUT2D eigenvalue weighted by Crippen LogP contribution is 2.26. The molecule has 7 heteroatoms.